The van der Waals surface area contributed by atoms with Crippen LogP contribution in [-0.2, 0) is 9.92 Å². The molecule has 5 nitrogen and oxygen atoms in total. The smallest absolute Gasteiger partial charge is 0.212 e. The molecule has 1 heterocycles. The minimum absolute atomic E-state index is 0.272. The van der Waals surface area contributed by atoms with Gasteiger partial charge < -0.3 is 4.98 Å². The summed E-state index contributed by atoms with van der Waals surface area (Å²) in [4.78, 5) is 6.49. The van der Waals surface area contributed by atoms with E-state index in [1.807, 2.05) is 0 Å². The third kappa shape index (κ3) is 2.23. The first-order valence-electron chi connectivity index (χ1n) is 3.17. The Bertz CT molecular complexity index is 301. The first kappa shape index (κ1) is 8.06. The lowest BCUT2D eigenvalue weighted by molar-refractivity contribution is 0.679. The predicted octanol–water partition coefficient (Wildman–Crippen LogP) is 0.803. The Labute approximate surface area is 65.3 Å². The summed E-state index contributed by atoms with van der Waals surface area (Å²) in [6, 6.07) is 0. The van der Waals surface area contributed by atoms with Crippen LogP contribution in [0.2, 0.25) is 0 Å². The predicted molar refractivity (Wildman–Crippen MR) is 43.6 cm³/mol. The number of nitrogens with zero attached hydrogens (tertiary/aromatic N) is 1. The molecule has 3 N–H and O–H groups in total. The number of anilines is 1. The number of rotatable bonds is 3. The van der Waals surface area contributed by atoms with Gasteiger partial charge in [0.25, 0.3) is 0 Å². The van der Waals surface area contributed by atoms with Crippen LogP contribution in [0.5, 0.6) is 0 Å². The summed E-state index contributed by atoms with van der Waals surface area (Å²) < 4.78 is 20.8. The van der Waals surface area contributed by atoms with E-state index in [4.69, 9.17) is 4.78 Å². The van der Waals surface area contributed by atoms with Crippen molar-refractivity contribution in [3.05, 3.63) is 12.4 Å². The van der Waals surface area contributed by atoms with E-state index < -0.39 is 9.92 Å². The molecule has 0 spiro atoms. The molecule has 1 rings (SSSR count). The zero-order chi connectivity index (χ0) is 8.32. The van der Waals surface area contributed by atoms with Crippen LogP contribution in [0.3, 0.4) is 0 Å². The molecule has 1 aromatic rings. The molecule has 11 heavy (non-hydrogen) atoms. The Hall–Kier alpha value is -1.04. The van der Waals surface area contributed by atoms with Crippen molar-refractivity contribution in [3.63, 3.8) is 0 Å². The fraction of sp³-hybridized carbons (Fsp3) is 0.400. The van der Waals surface area contributed by atoms with E-state index in [2.05, 4.69) is 14.7 Å². The standard InChI is InChI=1S/C5H10N4OS/c1-2-11(6,10)9-5-7-3-4-8-5/h3-4H,2H2,1H3,(H3,6,7,8,9,10). The second-order valence-corrected chi connectivity index (χ2v) is 4.14. The van der Waals surface area contributed by atoms with Crippen molar-refractivity contribution in [2.75, 3.05) is 10.5 Å². The molecule has 0 aliphatic heterocycles. The lowest BCUT2D eigenvalue weighted by atomic mass is 11.0. The second kappa shape index (κ2) is 2.91. The topological polar surface area (TPSA) is 81.6 Å². The van der Waals surface area contributed by atoms with Crippen molar-refractivity contribution in [3.8, 4) is 0 Å². The van der Waals surface area contributed by atoms with Crippen LogP contribution < -0.4 is 4.72 Å². The zero-order valence-corrected chi connectivity index (χ0v) is 6.94. The number of H-pyrrole nitrogens is 1. The van der Waals surface area contributed by atoms with Gasteiger partial charge in [-0.3, -0.25) is 4.72 Å². The van der Waals surface area contributed by atoms with Gasteiger partial charge in [-0.1, -0.05) is 6.92 Å². The Balaban J connectivity index is 2.72. The normalized spacial score (nSPS) is 15.7. The van der Waals surface area contributed by atoms with Crippen molar-refractivity contribution in [1.29, 1.82) is 4.78 Å². The summed E-state index contributed by atoms with van der Waals surface area (Å²) in [7, 11) is -2.69. The third-order valence-corrected chi connectivity index (χ3v) is 2.50. The van der Waals surface area contributed by atoms with Crippen molar-refractivity contribution < 1.29 is 4.21 Å². The van der Waals surface area contributed by atoms with Crippen LogP contribution in [0.4, 0.5) is 5.95 Å². The second-order valence-electron chi connectivity index (χ2n) is 2.00. The summed E-state index contributed by atoms with van der Waals surface area (Å²) in [5, 5.41) is 0. The maximum absolute atomic E-state index is 11.1. The lowest BCUT2D eigenvalue weighted by Gasteiger charge is -2.03. The van der Waals surface area contributed by atoms with Crippen molar-refractivity contribution >= 4 is 15.9 Å². The Morgan fingerprint density at radius 2 is 2.64 bits per heavy atom. The maximum atomic E-state index is 11.1. The molecule has 1 aromatic heterocycles. The van der Waals surface area contributed by atoms with Crippen molar-refractivity contribution in [2.24, 2.45) is 0 Å². The molecular formula is C5H10N4OS. The molecule has 0 aliphatic carbocycles. The fourth-order valence-corrected chi connectivity index (χ4v) is 1.12. The van der Waals surface area contributed by atoms with E-state index in [9.17, 15) is 4.21 Å². The van der Waals surface area contributed by atoms with E-state index in [-0.39, 0.29) is 5.75 Å². The van der Waals surface area contributed by atoms with E-state index in [1.54, 1.807) is 13.1 Å². The molecular weight excluding hydrogens is 164 g/mol. The minimum atomic E-state index is -2.69. The maximum Gasteiger partial charge on any atom is 0.212 e. The van der Waals surface area contributed by atoms with Crippen LogP contribution in [0.15, 0.2) is 12.4 Å². The highest BCUT2D eigenvalue weighted by molar-refractivity contribution is 7.93. The van der Waals surface area contributed by atoms with Gasteiger partial charge in [-0.15, -0.1) is 0 Å². The Kier molecular flexibility index (Phi) is 2.13. The molecule has 0 bridgehead atoms. The average molecular weight is 174 g/mol. The number of aromatic amines is 1. The Morgan fingerprint density at radius 1 is 1.91 bits per heavy atom. The number of imidazole rings is 1. The SMILES string of the molecule is CCS(=N)(=O)Nc1ncc[nH]1. The van der Waals surface area contributed by atoms with Gasteiger partial charge in [0.15, 0.2) is 0 Å². The molecule has 0 saturated carbocycles. The summed E-state index contributed by atoms with van der Waals surface area (Å²) in [5.74, 6) is 0.653. The summed E-state index contributed by atoms with van der Waals surface area (Å²) in [5.41, 5.74) is 0. The first-order valence-corrected chi connectivity index (χ1v) is 4.90. The van der Waals surface area contributed by atoms with E-state index >= 15 is 0 Å². The number of nitrogens with one attached hydrogen (secondary N) is 3. The average Bonchev–Trinajstić information content (AvgIpc) is 2.39. The monoisotopic (exact) mass is 174 g/mol. The highest BCUT2D eigenvalue weighted by atomic mass is 32.2. The summed E-state index contributed by atoms with van der Waals surface area (Å²) >= 11 is 0. The fourth-order valence-electron chi connectivity index (χ4n) is 0.549. The number of hydrogen-bond donors (Lipinski definition) is 3. The Morgan fingerprint density at radius 3 is 3.09 bits per heavy atom. The minimum Gasteiger partial charge on any atom is -0.330 e. The molecule has 0 amide bonds. The molecule has 1 unspecified atom stereocenters. The van der Waals surface area contributed by atoms with Crippen LogP contribution in [0, 0.1) is 4.78 Å². The van der Waals surface area contributed by atoms with Gasteiger partial charge in [0, 0.05) is 18.1 Å². The molecule has 6 heteroatoms. The number of hydrogen-bond acceptors (Lipinski definition) is 3. The van der Waals surface area contributed by atoms with Crippen molar-refractivity contribution in [1.82, 2.24) is 9.97 Å². The molecule has 62 valence electrons. The van der Waals surface area contributed by atoms with Gasteiger partial charge in [-0.05, 0) is 0 Å². The molecule has 0 aromatic carbocycles. The summed E-state index contributed by atoms with van der Waals surface area (Å²) in [6.45, 7) is 1.69. The van der Waals surface area contributed by atoms with E-state index in [1.165, 1.54) is 6.20 Å². The first-order chi connectivity index (χ1) is 5.14. The molecule has 0 aliphatic rings. The quantitative estimate of drug-likeness (QED) is 0.633. The van der Waals surface area contributed by atoms with Gasteiger partial charge in [0.1, 0.15) is 9.92 Å². The lowest BCUT2D eigenvalue weighted by Crippen LogP contribution is -2.13. The zero-order valence-electron chi connectivity index (χ0n) is 6.13. The molecule has 0 radical (unpaired) electrons. The molecule has 0 fully saturated rings. The van der Waals surface area contributed by atoms with Crippen molar-refractivity contribution in [2.45, 2.75) is 6.92 Å². The van der Waals surface area contributed by atoms with Gasteiger partial charge in [-0.2, -0.15) is 0 Å². The largest absolute Gasteiger partial charge is 0.330 e. The molecule has 0 saturated heterocycles. The third-order valence-electron chi connectivity index (χ3n) is 1.17. The van der Waals surface area contributed by atoms with Gasteiger partial charge in [0.2, 0.25) is 5.95 Å². The van der Waals surface area contributed by atoms with Crippen LogP contribution in [-0.4, -0.2) is 19.9 Å². The van der Waals surface area contributed by atoms with E-state index in [0.717, 1.165) is 0 Å². The van der Waals surface area contributed by atoms with Crippen LogP contribution in [0.1, 0.15) is 6.92 Å². The van der Waals surface area contributed by atoms with E-state index in [0.29, 0.717) is 5.95 Å². The van der Waals surface area contributed by atoms with Gasteiger partial charge >= 0.3 is 0 Å². The number of aromatic nitrogens is 2. The highest BCUT2D eigenvalue weighted by Crippen LogP contribution is 1.99. The van der Waals surface area contributed by atoms with Crippen LogP contribution >= 0.6 is 0 Å². The van der Waals surface area contributed by atoms with Gasteiger partial charge in [-0.25, -0.2) is 14.0 Å². The van der Waals surface area contributed by atoms with Gasteiger partial charge in [0.05, 0.1) is 0 Å². The van der Waals surface area contributed by atoms with Crippen LogP contribution in [0.25, 0.3) is 0 Å². The molecule has 1 atom stereocenters. The highest BCUT2D eigenvalue weighted by Gasteiger charge is 2.02. The summed E-state index contributed by atoms with van der Waals surface area (Å²) in [6.07, 6.45) is 3.14.